The van der Waals surface area contributed by atoms with Crippen molar-refractivity contribution >= 4 is 23.3 Å². The van der Waals surface area contributed by atoms with Gasteiger partial charge in [-0.2, -0.15) is 0 Å². The van der Waals surface area contributed by atoms with E-state index in [4.69, 9.17) is 11.6 Å². The second-order valence-corrected chi connectivity index (χ2v) is 9.39. The molecule has 2 aliphatic carbocycles. The number of halogens is 1. The number of hydrogen-bond acceptors (Lipinski definition) is 6. The summed E-state index contributed by atoms with van der Waals surface area (Å²) in [6.45, 7) is 2.57. The first-order valence-corrected chi connectivity index (χ1v) is 11.0. The van der Waals surface area contributed by atoms with Crippen molar-refractivity contribution in [2.45, 2.75) is 38.3 Å². The average Bonchev–Trinajstić information content (AvgIpc) is 3.04. The molecule has 1 atom stereocenters. The Morgan fingerprint density at radius 1 is 1.32 bits per heavy atom. The smallest absolute Gasteiger partial charge is 0.274 e. The number of nitrogens with one attached hydrogen (secondary N) is 1. The van der Waals surface area contributed by atoms with Crippen molar-refractivity contribution in [1.82, 2.24) is 34.8 Å². The second-order valence-electron chi connectivity index (χ2n) is 9.03. The number of imidazole rings is 1. The summed E-state index contributed by atoms with van der Waals surface area (Å²) < 4.78 is 3.62. The van der Waals surface area contributed by atoms with Crippen LogP contribution in [-0.2, 0) is 20.0 Å². The zero-order valence-corrected chi connectivity index (χ0v) is 18.0. The number of pyridine rings is 1. The number of hydrogen-bond donors (Lipinski definition) is 1. The van der Waals surface area contributed by atoms with E-state index in [-0.39, 0.29) is 17.6 Å². The monoisotopic (exact) mass is 438 g/mol. The molecule has 2 fully saturated rings. The molecule has 160 valence electrons. The fraction of sp³-hybridized carbons (Fsp3) is 0.476. The van der Waals surface area contributed by atoms with Gasteiger partial charge in [-0.1, -0.05) is 22.9 Å². The topological polar surface area (TPSA) is 93.8 Å². The molecule has 1 spiro atoms. The predicted molar refractivity (Wildman–Crippen MR) is 114 cm³/mol. The van der Waals surface area contributed by atoms with E-state index in [1.165, 1.54) is 18.5 Å². The lowest BCUT2D eigenvalue weighted by molar-refractivity contribution is 0.0931. The van der Waals surface area contributed by atoms with Crippen LogP contribution in [0, 0.1) is 5.41 Å². The summed E-state index contributed by atoms with van der Waals surface area (Å²) in [4.78, 5) is 23.9. The number of nitrogens with zero attached hydrogens (tertiary/aromatic N) is 7. The van der Waals surface area contributed by atoms with Crippen LogP contribution in [0.5, 0.6) is 0 Å². The van der Waals surface area contributed by atoms with E-state index >= 15 is 0 Å². The molecular weight excluding hydrogens is 416 g/mol. The highest BCUT2D eigenvalue weighted by Crippen LogP contribution is 2.53. The Bertz CT molecular complexity index is 1170. The van der Waals surface area contributed by atoms with Crippen LogP contribution in [0.2, 0.25) is 5.15 Å². The van der Waals surface area contributed by atoms with Gasteiger partial charge in [-0.15, -0.1) is 5.10 Å². The maximum Gasteiger partial charge on any atom is 0.274 e. The third-order valence-corrected chi connectivity index (χ3v) is 7.07. The molecule has 3 aromatic rings. The molecule has 0 unspecified atom stereocenters. The summed E-state index contributed by atoms with van der Waals surface area (Å²) in [5, 5.41) is 11.6. The van der Waals surface area contributed by atoms with E-state index < -0.39 is 0 Å². The number of carbonyl (C=O) groups is 1. The summed E-state index contributed by atoms with van der Waals surface area (Å²) in [6.07, 6.45) is 7.85. The lowest BCUT2D eigenvalue weighted by Gasteiger charge is -2.41. The average molecular weight is 439 g/mol. The number of carbonyl (C=O) groups excluding carboxylic acids is 1. The first-order valence-electron chi connectivity index (χ1n) is 10.6. The molecule has 3 aliphatic rings. The van der Waals surface area contributed by atoms with Gasteiger partial charge in [-0.05, 0) is 31.7 Å². The minimum atomic E-state index is -0.249. The fourth-order valence-electron chi connectivity index (χ4n) is 4.68. The highest BCUT2D eigenvalue weighted by Gasteiger charge is 2.52. The minimum Gasteiger partial charge on any atom is -0.355 e. The van der Waals surface area contributed by atoms with Crippen LogP contribution in [0.25, 0.3) is 0 Å². The van der Waals surface area contributed by atoms with Gasteiger partial charge in [-0.3, -0.25) is 4.79 Å². The molecule has 0 radical (unpaired) electrons. The predicted octanol–water partition coefficient (Wildman–Crippen LogP) is 2.13. The lowest BCUT2D eigenvalue weighted by atomic mass is 9.97. The van der Waals surface area contributed by atoms with Crippen LogP contribution in [-0.4, -0.2) is 48.5 Å². The SMILES string of the molecule is Cn1cnc2c1CC[C@H]2NC(=O)c1cn(Cc2ccc(N3CC4(CC4)C3)nc2Cl)nn1. The molecule has 1 N–H and O–H groups in total. The van der Waals surface area contributed by atoms with Gasteiger partial charge in [0.25, 0.3) is 5.91 Å². The van der Waals surface area contributed by atoms with Crippen LogP contribution in [0.3, 0.4) is 0 Å². The highest BCUT2D eigenvalue weighted by molar-refractivity contribution is 6.30. The third kappa shape index (κ3) is 3.27. The Morgan fingerprint density at radius 3 is 2.94 bits per heavy atom. The normalized spacial score (nSPS) is 20.6. The number of aromatic nitrogens is 6. The minimum absolute atomic E-state index is 0.0867. The van der Waals surface area contributed by atoms with E-state index in [2.05, 4.69) is 30.5 Å². The van der Waals surface area contributed by atoms with Gasteiger partial charge in [0.15, 0.2) is 5.69 Å². The molecule has 1 saturated carbocycles. The molecular formula is C21H23ClN8O. The quantitative estimate of drug-likeness (QED) is 0.613. The van der Waals surface area contributed by atoms with Crippen molar-refractivity contribution < 1.29 is 4.79 Å². The number of amides is 1. The summed E-state index contributed by atoms with van der Waals surface area (Å²) in [7, 11) is 1.97. The number of rotatable bonds is 5. The molecule has 3 aromatic heterocycles. The van der Waals surface area contributed by atoms with Crippen molar-refractivity contribution in [2.24, 2.45) is 12.5 Å². The molecule has 0 bridgehead atoms. The van der Waals surface area contributed by atoms with Gasteiger partial charge in [0.1, 0.15) is 11.0 Å². The maximum atomic E-state index is 12.7. The molecule has 10 heteroatoms. The summed E-state index contributed by atoms with van der Waals surface area (Å²) in [5.41, 5.74) is 3.81. The Morgan fingerprint density at radius 2 is 2.16 bits per heavy atom. The van der Waals surface area contributed by atoms with Crippen molar-refractivity contribution in [3.05, 3.63) is 52.5 Å². The molecule has 1 saturated heterocycles. The van der Waals surface area contributed by atoms with Crippen LogP contribution in [0.1, 0.15) is 52.7 Å². The van der Waals surface area contributed by atoms with Gasteiger partial charge in [0.2, 0.25) is 0 Å². The van der Waals surface area contributed by atoms with Crippen LogP contribution >= 0.6 is 11.6 Å². The van der Waals surface area contributed by atoms with Crippen molar-refractivity contribution in [3.63, 3.8) is 0 Å². The van der Waals surface area contributed by atoms with Crippen LogP contribution in [0.15, 0.2) is 24.7 Å². The Hall–Kier alpha value is -2.94. The highest BCUT2D eigenvalue weighted by atomic mass is 35.5. The van der Waals surface area contributed by atoms with E-state index in [1.807, 2.05) is 23.7 Å². The third-order valence-electron chi connectivity index (χ3n) is 6.75. The van der Waals surface area contributed by atoms with E-state index in [0.29, 0.717) is 17.1 Å². The maximum absolute atomic E-state index is 12.7. The van der Waals surface area contributed by atoms with Gasteiger partial charge < -0.3 is 14.8 Å². The van der Waals surface area contributed by atoms with Crippen LogP contribution in [0.4, 0.5) is 5.82 Å². The van der Waals surface area contributed by atoms with E-state index in [9.17, 15) is 4.79 Å². The first-order chi connectivity index (χ1) is 15.0. The molecule has 4 heterocycles. The number of aryl methyl sites for hydroxylation is 1. The van der Waals surface area contributed by atoms with Gasteiger partial charge in [-0.25, -0.2) is 14.6 Å². The van der Waals surface area contributed by atoms with Crippen molar-refractivity contribution in [2.75, 3.05) is 18.0 Å². The van der Waals surface area contributed by atoms with E-state index in [0.717, 1.165) is 43.0 Å². The zero-order chi connectivity index (χ0) is 21.2. The van der Waals surface area contributed by atoms with Crippen molar-refractivity contribution in [3.8, 4) is 0 Å². The fourth-order valence-corrected chi connectivity index (χ4v) is 4.89. The summed E-state index contributed by atoms with van der Waals surface area (Å²) in [6, 6.07) is 3.90. The van der Waals surface area contributed by atoms with Gasteiger partial charge in [0, 0.05) is 36.8 Å². The Balaban J connectivity index is 1.11. The Kier molecular flexibility index (Phi) is 4.11. The summed E-state index contributed by atoms with van der Waals surface area (Å²) >= 11 is 6.44. The molecule has 9 nitrogen and oxygen atoms in total. The zero-order valence-electron chi connectivity index (χ0n) is 17.3. The molecule has 1 amide bonds. The molecule has 31 heavy (non-hydrogen) atoms. The number of anilines is 1. The number of fused-ring (bicyclic) bond motifs is 1. The van der Waals surface area contributed by atoms with Gasteiger partial charge in [0.05, 0.1) is 30.8 Å². The van der Waals surface area contributed by atoms with E-state index in [1.54, 1.807) is 17.2 Å². The largest absolute Gasteiger partial charge is 0.355 e. The first kappa shape index (κ1) is 18.8. The van der Waals surface area contributed by atoms with Crippen molar-refractivity contribution in [1.29, 1.82) is 0 Å². The van der Waals surface area contributed by atoms with Crippen LogP contribution < -0.4 is 10.2 Å². The molecule has 1 aliphatic heterocycles. The Labute approximate surface area is 184 Å². The molecule has 6 rings (SSSR count). The lowest BCUT2D eigenvalue weighted by Crippen LogP contribution is -2.48. The standard InChI is InChI=1S/C21H23ClN8O/c1-28-12-23-18-14(3-4-16(18)28)24-20(31)15-9-30(27-26-15)8-13-2-5-17(25-19(13)22)29-10-21(11-29)6-7-21/h2,5,9,12,14H,3-4,6-8,10-11H2,1H3,(H,24,31)/t14-/m1/s1. The molecule has 0 aromatic carbocycles. The second kappa shape index (κ2) is 6.78. The summed E-state index contributed by atoms with van der Waals surface area (Å²) in [5.74, 6) is 0.677. The van der Waals surface area contributed by atoms with Gasteiger partial charge >= 0.3 is 0 Å².